The predicted octanol–water partition coefficient (Wildman–Crippen LogP) is 12.7. The predicted molar refractivity (Wildman–Crippen MR) is 217 cm³/mol. The molecular formula is C49H33N3. The summed E-state index contributed by atoms with van der Waals surface area (Å²) in [6.07, 6.45) is 2.05. The highest BCUT2D eigenvalue weighted by atomic mass is 15.0. The fraction of sp³-hybridized carbons (Fsp3) is 0.0612. The second-order valence-electron chi connectivity index (χ2n) is 14.5. The lowest BCUT2D eigenvalue weighted by Crippen LogP contribution is -2.15. The van der Waals surface area contributed by atoms with E-state index in [1.54, 1.807) is 0 Å². The SMILES string of the molecule is CC1(C)c2ccccc2-c2ccc3c(c21)c1nc(-c2cccc4ccccc24)ncc1n3-c1ccc(-c2cccc3ccccc23)c2ccccc12. The van der Waals surface area contributed by atoms with Crippen LogP contribution in [0.15, 0.2) is 164 Å². The maximum Gasteiger partial charge on any atom is 0.160 e. The Balaban J connectivity index is 1.24. The third-order valence-corrected chi connectivity index (χ3v) is 11.4. The largest absolute Gasteiger partial charge is 0.306 e. The van der Waals surface area contributed by atoms with Gasteiger partial charge in [0.15, 0.2) is 5.82 Å². The molecule has 0 N–H and O–H groups in total. The summed E-state index contributed by atoms with van der Waals surface area (Å²) < 4.78 is 2.41. The van der Waals surface area contributed by atoms with Gasteiger partial charge < -0.3 is 4.57 Å². The molecule has 8 aromatic carbocycles. The molecule has 52 heavy (non-hydrogen) atoms. The van der Waals surface area contributed by atoms with Crippen LogP contribution >= 0.6 is 0 Å². The highest BCUT2D eigenvalue weighted by Crippen LogP contribution is 2.53. The average molecular weight is 664 g/mol. The zero-order valence-electron chi connectivity index (χ0n) is 28.9. The molecule has 0 unspecified atom stereocenters. The van der Waals surface area contributed by atoms with Crippen molar-refractivity contribution in [3.8, 4) is 39.3 Å². The van der Waals surface area contributed by atoms with Gasteiger partial charge in [-0.05, 0) is 72.4 Å². The van der Waals surface area contributed by atoms with Gasteiger partial charge in [0.25, 0.3) is 0 Å². The number of hydrogen-bond donors (Lipinski definition) is 0. The Morgan fingerprint density at radius 1 is 0.462 bits per heavy atom. The summed E-state index contributed by atoms with van der Waals surface area (Å²) in [7, 11) is 0. The second-order valence-corrected chi connectivity index (χ2v) is 14.5. The molecule has 0 aliphatic heterocycles. The summed E-state index contributed by atoms with van der Waals surface area (Å²) in [5, 5.41) is 8.43. The van der Waals surface area contributed by atoms with Gasteiger partial charge in [-0.25, -0.2) is 9.97 Å². The molecule has 1 aliphatic rings. The molecule has 0 saturated carbocycles. The van der Waals surface area contributed by atoms with Crippen LogP contribution in [-0.2, 0) is 5.41 Å². The van der Waals surface area contributed by atoms with Crippen molar-refractivity contribution in [2.45, 2.75) is 19.3 Å². The normalized spacial score (nSPS) is 13.3. The molecule has 11 rings (SSSR count). The molecule has 0 fully saturated rings. The van der Waals surface area contributed by atoms with Gasteiger partial charge in [0.05, 0.1) is 22.9 Å². The molecule has 10 aromatic rings. The molecule has 3 heteroatoms. The Kier molecular flexibility index (Phi) is 6.01. The Hall–Kier alpha value is -6.58. The summed E-state index contributed by atoms with van der Waals surface area (Å²) in [5.74, 6) is 0.741. The average Bonchev–Trinajstić information content (AvgIpc) is 3.64. The molecule has 0 bridgehead atoms. The van der Waals surface area contributed by atoms with Crippen molar-refractivity contribution < 1.29 is 0 Å². The van der Waals surface area contributed by atoms with Crippen LogP contribution in [-0.4, -0.2) is 14.5 Å². The molecule has 0 amide bonds. The molecule has 2 heterocycles. The Bertz CT molecular complexity index is 3100. The van der Waals surface area contributed by atoms with E-state index in [0.29, 0.717) is 0 Å². The fourth-order valence-electron chi connectivity index (χ4n) is 9.12. The number of hydrogen-bond acceptors (Lipinski definition) is 2. The van der Waals surface area contributed by atoms with E-state index in [4.69, 9.17) is 9.97 Å². The van der Waals surface area contributed by atoms with Gasteiger partial charge in [-0.3, -0.25) is 0 Å². The molecular weight excluding hydrogens is 631 g/mol. The quantitative estimate of drug-likeness (QED) is 0.188. The van der Waals surface area contributed by atoms with Crippen LogP contribution < -0.4 is 0 Å². The van der Waals surface area contributed by atoms with Gasteiger partial charge in [-0.2, -0.15) is 0 Å². The number of benzene rings is 8. The molecule has 0 spiro atoms. The maximum atomic E-state index is 5.52. The van der Waals surface area contributed by atoms with Gasteiger partial charge in [0.1, 0.15) is 5.52 Å². The van der Waals surface area contributed by atoms with Gasteiger partial charge in [-0.1, -0.05) is 159 Å². The number of aromatic nitrogens is 3. The summed E-state index contributed by atoms with van der Waals surface area (Å²) in [4.78, 5) is 10.6. The van der Waals surface area contributed by atoms with Crippen molar-refractivity contribution in [2.24, 2.45) is 0 Å². The topological polar surface area (TPSA) is 30.7 Å². The summed E-state index contributed by atoms with van der Waals surface area (Å²) in [5.41, 5.74) is 12.8. The van der Waals surface area contributed by atoms with Crippen molar-refractivity contribution >= 4 is 54.3 Å². The molecule has 1 aliphatic carbocycles. The molecule has 244 valence electrons. The van der Waals surface area contributed by atoms with Crippen molar-refractivity contribution in [3.63, 3.8) is 0 Å². The van der Waals surface area contributed by atoms with Crippen LogP contribution in [0.4, 0.5) is 0 Å². The van der Waals surface area contributed by atoms with Crippen LogP contribution in [0.2, 0.25) is 0 Å². The van der Waals surface area contributed by atoms with E-state index in [1.807, 2.05) is 6.20 Å². The van der Waals surface area contributed by atoms with Crippen molar-refractivity contribution in [1.82, 2.24) is 14.5 Å². The van der Waals surface area contributed by atoms with E-state index in [9.17, 15) is 0 Å². The first-order chi connectivity index (χ1) is 25.6. The number of rotatable bonds is 3. The molecule has 3 nitrogen and oxygen atoms in total. The fourth-order valence-corrected chi connectivity index (χ4v) is 9.12. The third kappa shape index (κ3) is 3.96. The van der Waals surface area contributed by atoms with Crippen LogP contribution in [0.25, 0.3) is 93.6 Å². The zero-order valence-corrected chi connectivity index (χ0v) is 28.9. The lowest BCUT2D eigenvalue weighted by Gasteiger charge is -2.22. The number of nitrogens with zero attached hydrogens (tertiary/aromatic N) is 3. The highest BCUT2D eigenvalue weighted by Gasteiger charge is 2.38. The van der Waals surface area contributed by atoms with E-state index in [-0.39, 0.29) is 5.41 Å². The first-order valence-electron chi connectivity index (χ1n) is 18.0. The van der Waals surface area contributed by atoms with Gasteiger partial charge >= 0.3 is 0 Å². The standard InChI is InChI=1S/C49H33N3/c1-49(2)41-24-10-9-20-37(41)39-26-28-43-45(46(39)49)47-44(29-50-48(51-47)40-23-12-16-31-14-4-6-18-33(31)40)52(43)42-27-25-36(35-19-7-8-21-38(35)42)34-22-11-15-30-13-3-5-17-32(30)34/h3-29H,1-2H3. The lowest BCUT2D eigenvalue weighted by molar-refractivity contribution is 0.666. The zero-order chi connectivity index (χ0) is 34.6. The smallest absolute Gasteiger partial charge is 0.160 e. The Morgan fingerprint density at radius 2 is 1.04 bits per heavy atom. The minimum absolute atomic E-state index is 0.213. The van der Waals surface area contributed by atoms with E-state index in [2.05, 4.69) is 176 Å². The monoisotopic (exact) mass is 663 g/mol. The van der Waals surface area contributed by atoms with E-state index in [1.165, 1.54) is 65.7 Å². The Labute approximate surface area is 301 Å². The molecule has 0 atom stereocenters. The van der Waals surface area contributed by atoms with Gasteiger partial charge in [0, 0.05) is 21.8 Å². The molecule has 0 radical (unpaired) electrons. The summed E-state index contributed by atoms with van der Waals surface area (Å²) in [6, 6.07) is 57.1. The van der Waals surface area contributed by atoms with E-state index in [0.717, 1.165) is 39.0 Å². The van der Waals surface area contributed by atoms with Crippen molar-refractivity contribution in [3.05, 3.63) is 175 Å². The Morgan fingerprint density at radius 3 is 1.83 bits per heavy atom. The van der Waals surface area contributed by atoms with Crippen molar-refractivity contribution in [1.29, 1.82) is 0 Å². The lowest BCUT2D eigenvalue weighted by atomic mass is 9.81. The van der Waals surface area contributed by atoms with Gasteiger partial charge in [0.2, 0.25) is 0 Å². The first-order valence-corrected chi connectivity index (χ1v) is 18.0. The van der Waals surface area contributed by atoms with Crippen molar-refractivity contribution in [2.75, 3.05) is 0 Å². The number of fused-ring (bicyclic) bond motifs is 10. The minimum atomic E-state index is -0.213. The van der Waals surface area contributed by atoms with E-state index < -0.39 is 0 Å². The molecule has 2 aromatic heterocycles. The minimum Gasteiger partial charge on any atom is -0.306 e. The third-order valence-electron chi connectivity index (χ3n) is 11.4. The summed E-state index contributed by atoms with van der Waals surface area (Å²) in [6.45, 7) is 4.73. The van der Waals surface area contributed by atoms with Crippen LogP contribution in [0.1, 0.15) is 25.0 Å². The van der Waals surface area contributed by atoms with Crippen LogP contribution in [0.5, 0.6) is 0 Å². The second kappa shape index (κ2) is 10.7. The highest BCUT2D eigenvalue weighted by molar-refractivity contribution is 6.15. The first kappa shape index (κ1) is 29.2. The van der Waals surface area contributed by atoms with E-state index >= 15 is 0 Å². The van der Waals surface area contributed by atoms with Gasteiger partial charge in [-0.15, -0.1) is 0 Å². The summed E-state index contributed by atoms with van der Waals surface area (Å²) >= 11 is 0. The van der Waals surface area contributed by atoms with Crippen LogP contribution in [0.3, 0.4) is 0 Å². The maximum absolute atomic E-state index is 5.52. The van der Waals surface area contributed by atoms with Crippen LogP contribution in [0, 0.1) is 0 Å². The molecule has 0 saturated heterocycles.